The molecule has 0 aromatic heterocycles. The fourth-order valence-corrected chi connectivity index (χ4v) is 4.55. The Balaban J connectivity index is 1.73. The van der Waals surface area contributed by atoms with Crippen LogP contribution in [0.25, 0.3) is 0 Å². The van der Waals surface area contributed by atoms with Gasteiger partial charge >= 0.3 is 0 Å². The molecule has 1 aliphatic rings. The number of ether oxygens (including phenoxy) is 1. The largest absolute Gasteiger partial charge is 0.379 e. The van der Waals surface area contributed by atoms with Crippen LogP contribution in [0.5, 0.6) is 0 Å². The van der Waals surface area contributed by atoms with Gasteiger partial charge in [-0.2, -0.15) is 4.31 Å². The van der Waals surface area contributed by atoms with E-state index in [4.69, 9.17) is 28.6 Å². The van der Waals surface area contributed by atoms with Gasteiger partial charge in [0, 0.05) is 29.5 Å². The fourth-order valence-electron chi connectivity index (χ4n) is 2.70. The highest BCUT2D eigenvalue weighted by molar-refractivity contribution is 7.89. The van der Waals surface area contributed by atoms with E-state index in [0.717, 1.165) is 11.3 Å². The fraction of sp³-hybridized carbons (Fsp3) is 0.278. The van der Waals surface area contributed by atoms with Gasteiger partial charge in [0.05, 0.1) is 18.1 Å². The van der Waals surface area contributed by atoms with Gasteiger partial charge in [0.1, 0.15) is 0 Å². The normalized spacial score (nSPS) is 15.3. The monoisotopic (exact) mass is 425 g/mol. The van der Waals surface area contributed by atoms with Gasteiger partial charge in [0.2, 0.25) is 10.0 Å². The molecule has 6 nitrogen and oxygen atoms in total. The summed E-state index contributed by atoms with van der Waals surface area (Å²) in [5.74, 6) is 0. The maximum absolute atomic E-state index is 12.8. The van der Waals surface area contributed by atoms with Gasteiger partial charge in [-0.05, 0) is 55.0 Å². The summed E-state index contributed by atoms with van der Waals surface area (Å²) in [5, 5.41) is 7.09. The Morgan fingerprint density at radius 3 is 2.59 bits per heavy atom. The lowest BCUT2D eigenvalue weighted by Gasteiger charge is -2.26. The van der Waals surface area contributed by atoms with E-state index in [1.165, 1.54) is 4.31 Å². The predicted octanol–water partition coefficient (Wildman–Crippen LogP) is 3.48. The summed E-state index contributed by atoms with van der Waals surface area (Å²) in [4.78, 5) is 0.219. The number of thiocarbonyl (C=S) groups is 1. The summed E-state index contributed by atoms with van der Waals surface area (Å²) in [6.07, 6.45) is 0. The highest BCUT2D eigenvalue weighted by Crippen LogP contribution is 2.24. The summed E-state index contributed by atoms with van der Waals surface area (Å²) in [7, 11) is -3.56. The first kappa shape index (κ1) is 20.0. The molecule has 0 spiro atoms. The first-order chi connectivity index (χ1) is 12.9. The topological polar surface area (TPSA) is 70.7 Å². The minimum atomic E-state index is -3.56. The molecule has 2 N–H and O–H groups in total. The molecule has 1 aliphatic heterocycles. The van der Waals surface area contributed by atoms with Crippen LogP contribution >= 0.6 is 23.8 Å². The van der Waals surface area contributed by atoms with E-state index in [0.29, 0.717) is 42.1 Å². The van der Waals surface area contributed by atoms with Crippen LogP contribution in [0.2, 0.25) is 5.02 Å². The van der Waals surface area contributed by atoms with Crippen molar-refractivity contribution in [3.05, 3.63) is 53.1 Å². The van der Waals surface area contributed by atoms with Crippen LogP contribution in [0.3, 0.4) is 0 Å². The molecule has 0 unspecified atom stereocenters. The lowest BCUT2D eigenvalue weighted by atomic mass is 10.2. The van der Waals surface area contributed by atoms with Crippen LogP contribution in [0.15, 0.2) is 47.4 Å². The van der Waals surface area contributed by atoms with Gasteiger partial charge in [-0.25, -0.2) is 8.42 Å². The molecule has 0 amide bonds. The number of morpholine rings is 1. The number of benzene rings is 2. The third-order valence-corrected chi connectivity index (χ3v) is 6.72. The zero-order valence-corrected chi connectivity index (χ0v) is 17.1. The standard InChI is InChI=1S/C18H20ClN3O3S2/c1-13-16(19)6-3-7-17(13)21-18(26)20-14-4-2-5-15(12-14)27(23,24)22-8-10-25-11-9-22/h2-7,12H,8-11H2,1H3,(H2,20,21,26). The second kappa shape index (κ2) is 8.53. The SMILES string of the molecule is Cc1c(Cl)cccc1NC(=S)Nc1cccc(S(=O)(=O)N2CCOCC2)c1. The third-order valence-electron chi connectivity index (χ3n) is 4.22. The average Bonchev–Trinajstić information content (AvgIpc) is 2.66. The number of rotatable bonds is 4. The highest BCUT2D eigenvalue weighted by Gasteiger charge is 2.26. The maximum atomic E-state index is 12.8. The molecule has 3 rings (SSSR count). The van der Waals surface area contributed by atoms with Gasteiger partial charge in [-0.1, -0.05) is 23.7 Å². The molecule has 0 bridgehead atoms. The van der Waals surface area contributed by atoms with E-state index in [1.54, 1.807) is 30.3 Å². The van der Waals surface area contributed by atoms with Crippen LogP contribution in [0.4, 0.5) is 11.4 Å². The van der Waals surface area contributed by atoms with Crippen molar-refractivity contribution in [3.63, 3.8) is 0 Å². The Hall–Kier alpha value is -1.71. The predicted molar refractivity (Wildman–Crippen MR) is 112 cm³/mol. The molecule has 1 fully saturated rings. The number of anilines is 2. The quantitative estimate of drug-likeness (QED) is 0.731. The molecular formula is C18H20ClN3O3S2. The number of nitrogens with zero attached hydrogens (tertiary/aromatic N) is 1. The molecule has 27 heavy (non-hydrogen) atoms. The second-order valence-corrected chi connectivity index (χ2v) is 8.79. The Morgan fingerprint density at radius 2 is 1.85 bits per heavy atom. The zero-order chi connectivity index (χ0) is 19.4. The van der Waals surface area contributed by atoms with Crippen molar-refractivity contribution < 1.29 is 13.2 Å². The maximum Gasteiger partial charge on any atom is 0.243 e. The molecule has 0 atom stereocenters. The summed E-state index contributed by atoms with van der Waals surface area (Å²) < 4.78 is 32.2. The Labute approximate surface area is 169 Å². The molecule has 0 saturated carbocycles. The van der Waals surface area contributed by atoms with Gasteiger partial charge in [0.25, 0.3) is 0 Å². The van der Waals surface area contributed by atoms with Crippen LogP contribution in [-0.2, 0) is 14.8 Å². The van der Waals surface area contributed by atoms with E-state index in [1.807, 2.05) is 19.1 Å². The molecule has 1 heterocycles. The molecule has 0 aliphatic carbocycles. The zero-order valence-electron chi connectivity index (χ0n) is 14.7. The van der Waals surface area contributed by atoms with Gasteiger partial charge in [-0.15, -0.1) is 0 Å². The molecule has 144 valence electrons. The molecule has 2 aromatic carbocycles. The smallest absolute Gasteiger partial charge is 0.243 e. The van der Waals surface area contributed by atoms with Crippen molar-refractivity contribution >= 4 is 50.3 Å². The van der Waals surface area contributed by atoms with Gasteiger partial charge in [0.15, 0.2) is 5.11 Å². The number of nitrogens with one attached hydrogen (secondary N) is 2. The van der Waals surface area contributed by atoms with E-state index in [2.05, 4.69) is 10.6 Å². The number of hydrogen-bond acceptors (Lipinski definition) is 4. The summed E-state index contributed by atoms with van der Waals surface area (Å²) >= 11 is 11.5. The van der Waals surface area contributed by atoms with Crippen molar-refractivity contribution in [3.8, 4) is 0 Å². The first-order valence-corrected chi connectivity index (χ1v) is 10.6. The minimum absolute atomic E-state index is 0.219. The van der Waals surface area contributed by atoms with E-state index < -0.39 is 10.0 Å². The summed E-state index contributed by atoms with van der Waals surface area (Å²) in [6, 6.07) is 12.1. The molecule has 0 radical (unpaired) electrons. The van der Waals surface area contributed by atoms with Gasteiger partial charge in [-0.3, -0.25) is 0 Å². The molecular weight excluding hydrogens is 406 g/mol. The second-order valence-electron chi connectivity index (χ2n) is 6.04. The lowest BCUT2D eigenvalue weighted by Crippen LogP contribution is -2.40. The number of halogens is 1. The first-order valence-electron chi connectivity index (χ1n) is 8.39. The summed E-state index contributed by atoms with van der Waals surface area (Å²) in [6.45, 7) is 3.42. The molecule has 1 saturated heterocycles. The van der Waals surface area contributed by atoms with Gasteiger partial charge < -0.3 is 15.4 Å². The Morgan fingerprint density at radius 1 is 1.15 bits per heavy atom. The van der Waals surface area contributed by atoms with Crippen LogP contribution < -0.4 is 10.6 Å². The third kappa shape index (κ3) is 4.77. The highest BCUT2D eigenvalue weighted by atomic mass is 35.5. The molecule has 9 heteroatoms. The Bertz CT molecular complexity index is 945. The van der Waals surface area contributed by atoms with E-state index in [9.17, 15) is 8.42 Å². The van der Waals surface area contributed by atoms with Crippen molar-refractivity contribution in [1.29, 1.82) is 0 Å². The lowest BCUT2D eigenvalue weighted by molar-refractivity contribution is 0.0730. The Kier molecular flexibility index (Phi) is 6.33. The van der Waals surface area contributed by atoms with Crippen LogP contribution in [0.1, 0.15) is 5.56 Å². The van der Waals surface area contributed by atoms with E-state index in [-0.39, 0.29) is 4.90 Å². The molecule has 2 aromatic rings. The number of hydrogen-bond donors (Lipinski definition) is 2. The minimum Gasteiger partial charge on any atom is -0.379 e. The van der Waals surface area contributed by atoms with Crippen molar-refractivity contribution in [1.82, 2.24) is 4.31 Å². The van der Waals surface area contributed by atoms with Crippen molar-refractivity contribution in [2.45, 2.75) is 11.8 Å². The summed E-state index contributed by atoms with van der Waals surface area (Å²) in [5.41, 5.74) is 2.26. The van der Waals surface area contributed by atoms with Crippen LogP contribution in [-0.4, -0.2) is 44.1 Å². The van der Waals surface area contributed by atoms with E-state index >= 15 is 0 Å². The number of sulfonamides is 1. The van der Waals surface area contributed by atoms with Crippen LogP contribution in [0, 0.1) is 6.92 Å². The average molecular weight is 426 g/mol. The van der Waals surface area contributed by atoms with Crippen molar-refractivity contribution in [2.24, 2.45) is 0 Å². The van der Waals surface area contributed by atoms with Crippen molar-refractivity contribution in [2.75, 3.05) is 36.9 Å².